The predicted molar refractivity (Wildman–Crippen MR) is 83.9 cm³/mol. The topological polar surface area (TPSA) is 32.3 Å². The lowest BCUT2D eigenvalue weighted by atomic mass is 9.87. The van der Waals surface area contributed by atoms with Crippen LogP contribution in [0.1, 0.15) is 30.0 Å². The monoisotopic (exact) mass is 307 g/mol. The van der Waals surface area contributed by atoms with Crippen molar-refractivity contribution in [3.63, 3.8) is 0 Å². The van der Waals surface area contributed by atoms with Crippen LogP contribution < -0.4 is 5.32 Å². The van der Waals surface area contributed by atoms with Crippen molar-refractivity contribution >= 4 is 28.9 Å². The molecule has 0 heterocycles. The van der Waals surface area contributed by atoms with E-state index in [9.17, 15) is 5.11 Å². The van der Waals surface area contributed by atoms with E-state index in [4.69, 9.17) is 23.2 Å². The zero-order valence-corrected chi connectivity index (χ0v) is 12.4. The second-order valence-electron chi connectivity index (χ2n) is 5.13. The van der Waals surface area contributed by atoms with Crippen LogP contribution in [0.25, 0.3) is 0 Å². The summed E-state index contributed by atoms with van der Waals surface area (Å²) in [6.45, 7) is 0. The molecule has 2 aromatic carbocycles. The quantitative estimate of drug-likeness (QED) is 0.800. The summed E-state index contributed by atoms with van der Waals surface area (Å²) in [4.78, 5) is 0. The van der Waals surface area contributed by atoms with Crippen LogP contribution in [0.4, 0.5) is 5.69 Å². The molecule has 1 unspecified atom stereocenters. The molecule has 104 valence electrons. The average Bonchev–Trinajstić information content (AvgIpc) is 2.37. The zero-order valence-electron chi connectivity index (χ0n) is 10.9. The molecule has 2 N–H and O–H groups in total. The summed E-state index contributed by atoms with van der Waals surface area (Å²) < 4.78 is 0. The third-order valence-electron chi connectivity index (χ3n) is 3.64. The smallest absolute Gasteiger partial charge is 0.115 e. The van der Waals surface area contributed by atoms with Crippen LogP contribution in [0, 0.1) is 0 Å². The van der Waals surface area contributed by atoms with Gasteiger partial charge in [0, 0.05) is 15.7 Å². The van der Waals surface area contributed by atoms with Crippen LogP contribution >= 0.6 is 23.2 Å². The molecule has 0 radical (unpaired) electrons. The lowest BCUT2D eigenvalue weighted by Gasteiger charge is -2.27. The number of anilines is 1. The van der Waals surface area contributed by atoms with Crippen molar-refractivity contribution in [1.82, 2.24) is 0 Å². The molecule has 0 bridgehead atoms. The second-order valence-corrected chi connectivity index (χ2v) is 6.00. The fourth-order valence-electron chi connectivity index (χ4n) is 2.79. The van der Waals surface area contributed by atoms with E-state index < -0.39 is 0 Å². The largest absolute Gasteiger partial charge is 0.508 e. The number of aromatic hydroxyl groups is 1. The molecule has 0 aromatic heterocycles. The summed E-state index contributed by atoms with van der Waals surface area (Å²) in [5.41, 5.74) is 3.38. The van der Waals surface area contributed by atoms with Crippen molar-refractivity contribution in [3.8, 4) is 5.75 Å². The second kappa shape index (κ2) is 5.55. The summed E-state index contributed by atoms with van der Waals surface area (Å²) in [5, 5.41) is 14.3. The number of halogens is 2. The molecule has 3 rings (SSSR count). The van der Waals surface area contributed by atoms with Crippen LogP contribution in [0.5, 0.6) is 5.75 Å². The Labute approximate surface area is 128 Å². The Morgan fingerprint density at radius 3 is 2.55 bits per heavy atom. The molecule has 1 atom stereocenters. The molecule has 4 heteroatoms. The van der Waals surface area contributed by atoms with E-state index in [-0.39, 0.29) is 6.04 Å². The minimum atomic E-state index is 0.230. The van der Waals surface area contributed by atoms with E-state index in [1.807, 2.05) is 24.3 Å². The number of hydrogen-bond donors (Lipinski definition) is 2. The van der Waals surface area contributed by atoms with Crippen LogP contribution in [-0.4, -0.2) is 5.11 Å². The van der Waals surface area contributed by atoms with E-state index in [2.05, 4.69) is 5.32 Å². The molecule has 2 nitrogen and oxygen atoms in total. The van der Waals surface area contributed by atoms with Gasteiger partial charge in [0.25, 0.3) is 0 Å². The molecule has 0 fully saturated rings. The minimum Gasteiger partial charge on any atom is -0.508 e. The molecular weight excluding hydrogens is 293 g/mol. The summed E-state index contributed by atoms with van der Waals surface area (Å²) in [7, 11) is 0. The van der Waals surface area contributed by atoms with Gasteiger partial charge in [0.05, 0.1) is 6.04 Å². The highest BCUT2D eigenvalue weighted by atomic mass is 35.5. The van der Waals surface area contributed by atoms with Gasteiger partial charge in [0.15, 0.2) is 0 Å². The van der Waals surface area contributed by atoms with Gasteiger partial charge in [-0.25, -0.2) is 0 Å². The Balaban J connectivity index is 1.89. The van der Waals surface area contributed by atoms with Crippen molar-refractivity contribution in [2.45, 2.75) is 25.3 Å². The van der Waals surface area contributed by atoms with Gasteiger partial charge in [-0.05, 0) is 60.7 Å². The first-order chi connectivity index (χ1) is 9.61. The van der Waals surface area contributed by atoms with Crippen molar-refractivity contribution in [2.75, 3.05) is 5.32 Å². The maximum Gasteiger partial charge on any atom is 0.115 e. The highest BCUT2D eigenvalue weighted by molar-refractivity contribution is 6.35. The fraction of sp³-hybridized carbons (Fsp3) is 0.250. The van der Waals surface area contributed by atoms with Crippen LogP contribution in [0.2, 0.25) is 10.0 Å². The predicted octanol–water partition coefficient (Wildman–Crippen LogP) is 5.19. The first-order valence-electron chi connectivity index (χ1n) is 6.66. The van der Waals surface area contributed by atoms with Crippen LogP contribution in [0.15, 0.2) is 36.4 Å². The van der Waals surface area contributed by atoms with Gasteiger partial charge in [0.2, 0.25) is 0 Å². The Morgan fingerprint density at radius 1 is 1.05 bits per heavy atom. The maximum absolute atomic E-state index is 9.58. The van der Waals surface area contributed by atoms with Crippen molar-refractivity contribution in [1.29, 1.82) is 0 Å². The zero-order chi connectivity index (χ0) is 14.1. The molecule has 0 spiro atoms. The molecule has 1 aliphatic rings. The van der Waals surface area contributed by atoms with E-state index in [1.54, 1.807) is 12.1 Å². The van der Waals surface area contributed by atoms with Crippen LogP contribution in [0.3, 0.4) is 0 Å². The third-order valence-corrected chi connectivity index (χ3v) is 4.08. The van der Waals surface area contributed by atoms with Gasteiger partial charge in [-0.3, -0.25) is 0 Å². The van der Waals surface area contributed by atoms with Crippen molar-refractivity contribution < 1.29 is 5.11 Å². The number of benzene rings is 2. The lowest BCUT2D eigenvalue weighted by Crippen LogP contribution is -2.17. The summed E-state index contributed by atoms with van der Waals surface area (Å²) in [6, 6.07) is 11.3. The first kappa shape index (κ1) is 13.6. The van der Waals surface area contributed by atoms with E-state index in [0.29, 0.717) is 15.8 Å². The number of nitrogens with one attached hydrogen (secondary N) is 1. The maximum atomic E-state index is 9.58. The standard InChI is InChI=1S/C16H15Cl2NO/c17-11-7-12(18)9-13(8-11)19-16-3-1-2-10-6-14(20)4-5-15(10)16/h4-9,16,19-20H,1-3H2. The molecule has 0 saturated carbocycles. The number of hydrogen-bond acceptors (Lipinski definition) is 2. The summed E-state index contributed by atoms with van der Waals surface area (Å²) in [6.07, 6.45) is 3.17. The van der Waals surface area contributed by atoms with Gasteiger partial charge in [-0.15, -0.1) is 0 Å². The number of phenols is 1. The molecule has 0 saturated heterocycles. The molecular formula is C16H15Cl2NO. The van der Waals surface area contributed by atoms with Crippen molar-refractivity contribution in [2.24, 2.45) is 0 Å². The summed E-state index contributed by atoms with van der Waals surface area (Å²) in [5.74, 6) is 0.329. The normalized spacial score (nSPS) is 17.6. The minimum absolute atomic E-state index is 0.230. The van der Waals surface area contributed by atoms with E-state index >= 15 is 0 Å². The SMILES string of the molecule is Oc1ccc2c(c1)CCCC2Nc1cc(Cl)cc(Cl)c1. The third kappa shape index (κ3) is 2.87. The molecule has 0 amide bonds. The fourth-order valence-corrected chi connectivity index (χ4v) is 3.32. The van der Waals surface area contributed by atoms with Gasteiger partial charge in [0.1, 0.15) is 5.75 Å². The van der Waals surface area contributed by atoms with E-state index in [1.165, 1.54) is 11.1 Å². The van der Waals surface area contributed by atoms with Crippen molar-refractivity contribution in [3.05, 3.63) is 57.6 Å². The molecule has 1 aliphatic carbocycles. The first-order valence-corrected chi connectivity index (χ1v) is 7.42. The van der Waals surface area contributed by atoms with Crippen LogP contribution in [-0.2, 0) is 6.42 Å². The molecule has 20 heavy (non-hydrogen) atoms. The van der Waals surface area contributed by atoms with Gasteiger partial charge in [-0.2, -0.15) is 0 Å². The van der Waals surface area contributed by atoms with Gasteiger partial charge in [-0.1, -0.05) is 29.3 Å². The summed E-state index contributed by atoms with van der Waals surface area (Å²) >= 11 is 12.1. The number of phenolic OH excluding ortho intramolecular Hbond substituents is 1. The Morgan fingerprint density at radius 2 is 1.80 bits per heavy atom. The highest BCUT2D eigenvalue weighted by Gasteiger charge is 2.20. The lowest BCUT2D eigenvalue weighted by molar-refractivity contribution is 0.472. The Hall–Kier alpha value is -1.38. The number of fused-ring (bicyclic) bond motifs is 1. The number of aryl methyl sites for hydroxylation is 1. The highest BCUT2D eigenvalue weighted by Crippen LogP contribution is 2.35. The van der Waals surface area contributed by atoms with Gasteiger partial charge < -0.3 is 10.4 Å². The molecule has 2 aromatic rings. The molecule has 0 aliphatic heterocycles. The Kier molecular flexibility index (Phi) is 3.77. The Bertz CT molecular complexity index is 622. The van der Waals surface area contributed by atoms with Gasteiger partial charge >= 0.3 is 0 Å². The van der Waals surface area contributed by atoms with E-state index in [0.717, 1.165) is 24.9 Å². The average molecular weight is 308 g/mol. The number of rotatable bonds is 2.